The fourth-order valence-electron chi connectivity index (χ4n) is 2.65. The van der Waals surface area contributed by atoms with E-state index in [9.17, 15) is 4.79 Å². The number of rotatable bonds is 4. The Labute approximate surface area is 123 Å². The zero-order valence-corrected chi connectivity index (χ0v) is 13.1. The summed E-state index contributed by atoms with van der Waals surface area (Å²) in [5, 5.41) is 6.46. The second-order valence-corrected chi connectivity index (χ2v) is 6.13. The van der Waals surface area contributed by atoms with E-state index in [0.717, 1.165) is 36.0 Å². The van der Waals surface area contributed by atoms with Gasteiger partial charge in [0, 0.05) is 11.0 Å². The van der Waals surface area contributed by atoms with Gasteiger partial charge < -0.3 is 10.6 Å². The van der Waals surface area contributed by atoms with E-state index in [4.69, 9.17) is 0 Å². The lowest BCUT2D eigenvalue weighted by molar-refractivity contribution is -0.131. The molecule has 2 unspecified atom stereocenters. The lowest BCUT2D eigenvalue weighted by Crippen LogP contribution is -2.43. The molecule has 19 heavy (non-hydrogen) atoms. The van der Waals surface area contributed by atoms with Crippen molar-refractivity contribution >= 4 is 21.8 Å². The summed E-state index contributed by atoms with van der Waals surface area (Å²) in [4.78, 5) is 12.5. The maximum absolute atomic E-state index is 12.5. The maximum Gasteiger partial charge on any atom is 0.228 e. The van der Waals surface area contributed by atoms with Crippen LogP contribution in [0.5, 0.6) is 0 Å². The Kier molecular flexibility index (Phi) is 4.63. The molecule has 0 saturated carbocycles. The van der Waals surface area contributed by atoms with Crippen LogP contribution in [0.15, 0.2) is 28.7 Å². The number of amides is 1. The van der Waals surface area contributed by atoms with Gasteiger partial charge in [-0.15, -0.1) is 0 Å². The van der Waals surface area contributed by atoms with Gasteiger partial charge in [-0.1, -0.05) is 41.1 Å². The van der Waals surface area contributed by atoms with Gasteiger partial charge in [0.15, 0.2) is 0 Å². The highest BCUT2D eigenvalue weighted by Crippen LogP contribution is 2.31. The first-order valence-electron chi connectivity index (χ1n) is 6.85. The Morgan fingerprint density at radius 3 is 2.84 bits per heavy atom. The monoisotopic (exact) mass is 324 g/mol. The molecule has 2 atom stereocenters. The molecule has 104 valence electrons. The predicted octanol–water partition coefficient (Wildman–Crippen LogP) is 3.02. The molecule has 1 aromatic carbocycles. The van der Waals surface area contributed by atoms with Crippen LogP contribution in [-0.4, -0.2) is 19.0 Å². The number of nitrogens with one attached hydrogen (secondary N) is 2. The SMILES string of the molecule is CCC1(C(=O)NC(C)c2ccccc2Br)CCNC1. The van der Waals surface area contributed by atoms with E-state index in [0.29, 0.717) is 0 Å². The van der Waals surface area contributed by atoms with Crippen LogP contribution < -0.4 is 10.6 Å². The summed E-state index contributed by atoms with van der Waals surface area (Å²) in [6, 6.07) is 8.05. The first-order chi connectivity index (χ1) is 9.09. The van der Waals surface area contributed by atoms with Gasteiger partial charge in [0.05, 0.1) is 11.5 Å². The molecule has 1 aromatic rings. The van der Waals surface area contributed by atoms with Crippen LogP contribution in [0.4, 0.5) is 0 Å². The third-order valence-electron chi connectivity index (χ3n) is 4.12. The van der Waals surface area contributed by atoms with Crippen LogP contribution >= 0.6 is 15.9 Å². The summed E-state index contributed by atoms with van der Waals surface area (Å²) >= 11 is 3.54. The van der Waals surface area contributed by atoms with E-state index in [1.165, 1.54) is 0 Å². The topological polar surface area (TPSA) is 41.1 Å². The molecule has 1 aliphatic heterocycles. The van der Waals surface area contributed by atoms with E-state index >= 15 is 0 Å². The third-order valence-corrected chi connectivity index (χ3v) is 4.84. The molecule has 4 heteroatoms. The van der Waals surface area contributed by atoms with Crippen LogP contribution in [-0.2, 0) is 4.79 Å². The zero-order chi connectivity index (χ0) is 13.9. The van der Waals surface area contributed by atoms with Gasteiger partial charge in [-0.05, 0) is 37.9 Å². The number of hydrogen-bond donors (Lipinski definition) is 2. The summed E-state index contributed by atoms with van der Waals surface area (Å²) in [5.74, 6) is 0.170. The number of halogens is 1. The minimum Gasteiger partial charge on any atom is -0.349 e. The highest BCUT2D eigenvalue weighted by Gasteiger charge is 2.39. The minimum atomic E-state index is -0.227. The van der Waals surface area contributed by atoms with Crippen LogP contribution in [0.1, 0.15) is 38.3 Å². The second-order valence-electron chi connectivity index (χ2n) is 5.28. The Bertz CT molecular complexity index is 455. The fraction of sp³-hybridized carbons (Fsp3) is 0.533. The standard InChI is InChI=1S/C15H21BrN2O/c1-3-15(8-9-17-10-15)14(19)18-11(2)12-6-4-5-7-13(12)16/h4-7,11,17H,3,8-10H2,1-2H3,(H,18,19). The molecule has 0 aliphatic carbocycles. The van der Waals surface area contributed by atoms with Gasteiger partial charge in [0.1, 0.15) is 0 Å². The second kappa shape index (κ2) is 6.06. The largest absolute Gasteiger partial charge is 0.349 e. The molecular formula is C15H21BrN2O. The first-order valence-corrected chi connectivity index (χ1v) is 7.64. The Morgan fingerprint density at radius 2 is 2.26 bits per heavy atom. The van der Waals surface area contributed by atoms with Crippen LogP contribution in [0.25, 0.3) is 0 Å². The third kappa shape index (κ3) is 3.00. The minimum absolute atomic E-state index is 0.0205. The van der Waals surface area contributed by atoms with Gasteiger partial charge in [0.2, 0.25) is 5.91 Å². The molecule has 1 amide bonds. The molecule has 0 bridgehead atoms. The average Bonchev–Trinajstić information content (AvgIpc) is 2.89. The summed E-state index contributed by atoms with van der Waals surface area (Å²) in [7, 11) is 0. The van der Waals surface area contributed by atoms with Crippen molar-refractivity contribution in [1.29, 1.82) is 0 Å². The lowest BCUT2D eigenvalue weighted by Gasteiger charge is -2.28. The molecule has 1 aliphatic rings. The van der Waals surface area contributed by atoms with Gasteiger partial charge in [-0.25, -0.2) is 0 Å². The van der Waals surface area contributed by atoms with E-state index in [2.05, 4.69) is 33.5 Å². The van der Waals surface area contributed by atoms with Crippen molar-refractivity contribution in [3.05, 3.63) is 34.3 Å². The van der Waals surface area contributed by atoms with Crippen molar-refractivity contribution in [1.82, 2.24) is 10.6 Å². The van der Waals surface area contributed by atoms with E-state index in [1.807, 2.05) is 31.2 Å². The molecule has 1 fully saturated rings. The molecule has 2 rings (SSSR count). The molecule has 1 heterocycles. The zero-order valence-electron chi connectivity index (χ0n) is 11.5. The van der Waals surface area contributed by atoms with Gasteiger partial charge in [0.25, 0.3) is 0 Å². The number of hydrogen-bond acceptors (Lipinski definition) is 2. The fourth-order valence-corrected chi connectivity index (χ4v) is 3.28. The van der Waals surface area contributed by atoms with E-state index in [1.54, 1.807) is 0 Å². The molecule has 3 nitrogen and oxygen atoms in total. The number of carbonyl (C=O) groups excluding carboxylic acids is 1. The molecule has 2 N–H and O–H groups in total. The summed E-state index contributed by atoms with van der Waals surface area (Å²) < 4.78 is 1.04. The van der Waals surface area contributed by atoms with Crippen molar-refractivity contribution in [3.8, 4) is 0 Å². The molecular weight excluding hydrogens is 304 g/mol. The van der Waals surface area contributed by atoms with Crippen LogP contribution in [0.2, 0.25) is 0 Å². The molecule has 0 spiro atoms. The number of benzene rings is 1. The predicted molar refractivity (Wildman–Crippen MR) is 80.9 cm³/mol. The smallest absolute Gasteiger partial charge is 0.228 e. The van der Waals surface area contributed by atoms with Crippen molar-refractivity contribution < 1.29 is 4.79 Å². The van der Waals surface area contributed by atoms with Crippen LogP contribution in [0.3, 0.4) is 0 Å². The Balaban J connectivity index is 2.08. The van der Waals surface area contributed by atoms with Gasteiger partial charge in [-0.2, -0.15) is 0 Å². The van der Waals surface area contributed by atoms with Crippen molar-refractivity contribution in [3.63, 3.8) is 0 Å². The average molecular weight is 325 g/mol. The van der Waals surface area contributed by atoms with E-state index in [-0.39, 0.29) is 17.4 Å². The van der Waals surface area contributed by atoms with Crippen molar-refractivity contribution in [2.24, 2.45) is 5.41 Å². The summed E-state index contributed by atoms with van der Waals surface area (Å²) in [6.45, 7) is 5.85. The van der Waals surface area contributed by atoms with Crippen molar-refractivity contribution in [2.75, 3.05) is 13.1 Å². The summed E-state index contributed by atoms with van der Waals surface area (Å²) in [6.07, 6.45) is 1.81. The summed E-state index contributed by atoms with van der Waals surface area (Å²) in [5.41, 5.74) is 0.892. The molecule has 0 aromatic heterocycles. The van der Waals surface area contributed by atoms with Crippen molar-refractivity contribution in [2.45, 2.75) is 32.7 Å². The van der Waals surface area contributed by atoms with Crippen LogP contribution in [0, 0.1) is 5.41 Å². The quantitative estimate of drug-likeness (QED) is 0.893. The van der Waals surface area contributed by atoms with E-state index < -0.39 is 0 Å². The maximum atomic E-state index is 12.5. The Hall–Kier alpha value is -0.870. The van der Waals surface area contributed by atoms with Gasteiger partial charge in [-0.3, -0.25) is 4.79 Å². The highest BCUT2D eigenvalue weighted by molar-refractivity contribution is 9.10. The molecule has 0 radical (unpaired) electrons. The first kappa shape index (κ1) is 14.5. The Morgan fingerprint density at radius 1 is 1.53 bits per heavy atom. The normalized spacial score (nSPS) is 24.2. The van der Waals surface area contributed by atoms with Gasteiger partial charge >= 0.3 is 0 Å². The molecule has 1 saturated heterocycles. The highest BCUT2D eigenvalue weighted by atomic mass is 79.9. The number of carbonyl (C=O) groups is 1. The lowest BCUT2D eigenvalue weighted by atomic mass is 9.83.